The number of anilines is 1. The van der Waals surface area contributed by atoms with E-state index in [-0.39, 0.29) is 11.8 Å². The van der Waals surface area contributed by atoms with Crippen molar-refractivity contribution in [3.63, 3.8) is 0 Å². The Hall–Kier alpha value is -3.15. The van der Waals surface area contributed by atoms with Crippen LogP contribution in [0.2, 0.25) is 0 Å². The number of benzene rings is 2. The highest BCUT2D eigenvalue weighted by Crippen LogP contribution is 2.14. The lowest BCUT2D eigenvalue weighted by atomic mass is 10.2. The number of hydrogen-bond donors (Lipinski definition) is 2. The van der Waals surface area contributed by atoms with Gasteiger partial charge in [-0.15, -0.1) is 0 Å². The van der Waals surface area contributed by atoms with E-state index in [0.717, 1.165) is 18.4 Å². The summed E-state index contributed by atoms with van der Waals surface area (Å²) in [7, 11) is 1.58. The Labute approximate surface area is 153 Å². The molecule has 0 spiro atoms. The van der Waals surface area contributed by atoms with Gasteiger partial charge in [-0.25, -0.2) is 5.43 Å². The summed E-state index contributed by atoms with van der Waals surface area (Å²) in [5, 5.41) is 6.76. The Balaban J connectivity index is 1.91. The van der Waals surface area contributed by atoms with E-state index < -0.39 is 0 Å². The minimum atomic E-state index is -0.333. The summed E-state index contributed by atoms with van der Waals surface area (Å²) in [5.41, 5.74) is 4.36. The lowest BCUT2D eigenvalue weighted by Gasteiger charge is -2.06. The normalized spacial score (nSPS) is 10.5. The van der Waals surface area contributed by atoms with Crippen molar-refractivity contribution in [2.45, 2.75) is 26.2 Å². The molecule has 26 heavy (non-hydrogen) atoms. The van der Waals surface area contributed by atoms with Crippen LogP contribution in [-0.4, -0.2) is 25.1 Å². The number of methoxy groups -OCH3 is 1. The molecule has 0 saturated heterocycles. The number of nitrogens with zero attached hydrogens (tertiary/aromatic N) is 1. The second-order valence-electron chi connectivity index (χ2n) is 5.67. The van der Waals surface area contributed by atoms with Crippen LogP contribution >= 0.6 is 0 Å². The number of carbonyl (C=O) groups excluding carboxylic acids is 2. The predicted octanol–water partition coefficient (Wildman–Crippen LogP) is 3.59. The Kier molecular flexibility index (Phi) is 7.36. The van der Waals surface area contributed by atoms with Crippen LogP contribution in [0.25, 0.3) is 0 Å². The maximum Gasteiger partial charge on any atom is 0.271 e. The number of para-hydroxylation sites is 1. The first-order valence-corrected chi connectivity index (χ1v) is 8.50. The molecule has 2 aromatic rings. The number of hydrogen-bond acceptors (Lipinski definition) is 4. The first-order chi connectivity index (χ1) is 12.6. The van der Waals surface area contributed by atoms with Gasteiger partial charge in [0.25, 0.3) is 5.91 Å². The second-order valence-corrected chi connectivity index (χ2v) is 5.67. The summed E-state index contributed by atoms with van der Waals surface area (Å²) >= 11 is 0. The summed E-state index contributed by atoms with van der Waals surface area (Å²) in [6, 6.07) is 14.1. The average Bonchev–Trinajstić information content (AvgIpc) is 2.67. The van der Waals surface area contributed by atoms with Gasteiger partial charge in [-0.3, -0.25) is 9.59 Å². The average molecular weight is 353 g/mol. The summed E-state index contributed by atoms with van der Waals surface area (Å²) in [6.07, 6.45) is 3.86. The molecule has 0 aliphatic rings. The molecule has 0 fully saturated rings. The number of amides is 2. The zero-order chi connectivity index (χ0) is 18.8. The summed E-state index contributed by atoms with van der Waals surface area (Å²) in [6.45, 7) is 2.04. The SMILES string of the molecule is CCCCC(=O)Nc1ccc(C(=O)N/N=C/c2ccccc2OC)cc1. The first-order valence-electron chi connectivity index (χ1n) is 8.50. The van der Waals surface area contributed by atoms with Gasteiger partial charge < -0.3 is 10.1 Å². The fraction of sp³-hybridized carbons (Fsp3) is 0.250. The lowest BCUT2D eigenvalue weighted by Crippen LogP contribution is -2.18. The van der Waals surface area contributed by atoms with Crippen molar-refractivity contribution in [1.29, 1.82) is 0 Å². The van der Waals surface area contributed by atoms with Crippen molar-refractivity contribution in [2.24, 2.45) is 5.10 Å². The van der Waals surface area contributed by atoms with Crippen molar-refractivity contribution < 1.29 is 14.3 Å². The molecule has 136 valence electrons. The minimum Gasteiger partial charge on any atom is -0.496 e. The molecule has 0 aromatic heterocycles. The van der Waals surface area contributed by atoms with Crippen LogP contribution in [0.3, 0.4) is 0 Å². The van der Waals surface area contributed by atoms with E-state index in [1.54, 1.807) is 31.4 Å². The fourth-order valence-corrected chi connectivity index (χ4v) is 2.26. The van der Waals surface area contributed by atoms with Crippen LogP contribution in [0.15, 0.2) is 53.6 Å². The maximum atomic E-state index is 12.1. The largest absolute Gasteiger partial charge is 0.496 e. The van der Waals surface area contributed by atoms with Crippen molar-refractivity contribution in [1.82, 2.24) is 5.43 Å². The summed E-state index contributed by atoms with van der Waals surface area (Å²) < 4.78 is 5.22. The van der Waals surface area contributed by atoms with Gasteiger partial charge in [0.2, 0.25) is 5.91 Å². The molecular formula is C20H23N3O3. The van der Waals surface area contributed by atoms with Gasteiger partial charge in [-0.2, -0.15) is 5.10 Å². The number of ether oxygens (including phenoxy) is 1. The monoisotopic (exact) mass is 353 g/mol. The Bertz CT molecular complexity index is 770. The number of hydrazone groups is 1. The van der Waals surface area contributed by atoms with E-state index in [0.29, 0.717) is 23.4 Å². The van der Waals surface area contributed by atoms with Crippen molar-refractivity contribution in [3.8, 4) is 5.75 Å². The third-order valence-electron chi connectivity index (χ3n) is 3.70. The van der Waals surface area contributed by atoms with E-state index in [2.05, 4.69) is 15.8 Å². The molecule has 6 nitrogen and oxygen atoms in total. The van der Waals surface area contributed by atoms with Crippen LogP contribution in [0.4, 0.5) is 5.69 Å². The van der Waals surface area contributed by atoms with Crippen molar-refractivity contribution in [2.75, 3.05) is 12.4 Å². The Morgan fingerprint density at radius 2 is 1.85 bits per heavy atom. The minimum absolute atomic E-state index is 0.0227. The van der Waals surface area contributed by atoms with Gasteiger partial charge in [0.05, 0.1) is 13.3 Å². The molecule has 2 amide bonds. The Morgan fingerprint density at radius 3 is 2.54 bits per heavy atom. The van der Waals surface area contributed by atoms with Crippen LogP contribution in [0, 0.1) is 0 Å². The molecule has 0 heterocycles. The third-order valence-corrected chi connectivity index (χ3v) is 3.70. The topological polar surface area (TPSA) is 79.8 Å². The molecule has 0 saturated carbocycles. The van der Waals surface area contributed by atoms with Crippen LogP contribution in [-0.2, 0) is 4.79 Å². The van der Waals surface area contributed by atoms with Crippen molar-refractivity contribution >= 4 is 23.7 Å². The third kappa shape index (κ3) is 5.73. The van der Waals surface area contributed by atoms with Gasteiger partial charge in [0.1, 0.15) is 5.75 Å². The van der Waals surface area contributed by atoms with Crippen molar-refractivity contribution in [3.05, 3.63) is 59.7 Å². The predicted molar refractivity (Wildman–Crippen MR) is 103 cm³/mol. The highest BCUT2D eigenvalue weighted by atomic mass is 16.5. The van der Waals surface area contributed by atoms with E-state index in [9.17, 15) is 9.59 Å². The zero-order valence-corrected chi connectivity index (χ0v) is 15.0. The molecule has 2 N–H and O–H groups in total. The Morgan fingerprint density at radius 1 is 1.12 bits per heavy atom. The number of nitrogens with one attached hydrogen (secondary N) is 2. The quantitative estimate of drug-likeness (QED) is 0.562. The maximum absolute atomic E-state index is 12.1. The highest BCUT2D eigenvalue weighted by Gasteiger charge is 2.06. The molecule has 2 aromatic carbocycles. The first kappa shape index (κ1) is 19.2. The van der Waals surface area contributed by atoms with E-state index in [4.69, 9.17) is 4.74 Å². The molecule has 0 aliphatic heterocycles. The van der Waals surface area contributed by atoms with E-state index in [1.807, 2.05) is 31.2 Å². The van der Waals surface area contributed by atoms with Crippen LogP contribution in [0.5, 0.6) is 5.75 Å². The van der Waals surface area contributed by atoms with Crippen LogP contribution in [0.1, 0.15) is 42.1 Å². The molecule has 0 aliphatic carbocycles. The summed E-state index contributed by atoms with van der Waals surface area (Å²) in [5.74, 6) is 0.319. The van der Waals surface area contributed by atoms with E-state index >= 15 is 0 Å². The second kappa shape index (κ2) is 9.98. The smallest absolute Gasteiger partial charge is 0.271 e. The molecule has 6 heteroatoms. The van der Waals surface area contributed by atoms with Gasteiger partial charge >= 0.3 is 0 Å². The highest BCUT2D eigenvalue weighted by molar-refractivity contribution is 5.96. The molecular weight excluding hydrogens is 330 g/mol. The number of rotatable bonds is 8. The lowest BCUT2D eigenvalue weighted by molar-refractivity contribution is -0.116. The number of carbonyl (C=O) groups is 2. The van der Waals surface area contributed by atoms with Gasteiger partial charge in [0, 0.05) is 23.2 Å². The molecule has 0 atom stereocenters. The zero-order valence-electron chi connectivity index (χ0n) is 15.0. The standard InChI is InChI=1S/C20H23N3O3/c1-3-4-9-19(24)22-17-12-10-15(11-13-17)20(25)23-21-14-16-7-5-6-8-18(16)26-2/h5-8,10-14H,3-4,9H2,1-2H3,(H,22,24)(H,23,25)/b21-14+. The van der Waals surface area contributed by atoms with Gasteiger partial charge in [-0.05, 0) is 42.8 Å². The van der Waals surface area contributed by atoms with Gasteiger partial charge in [-0.1, -0.05) is 25.5 Å². The molecule has 0 bridgehead atoms. The summed E-state index contributed by atoms with van der Waals surface area (Å²) in [4.78, 5) is 23.8. The molecule has 0 unspecified atom stereocenters. The molecule has 2 rings (SSSR count). The van der Waals surface area contributed by atoms with E-state index in [1.165, 1.54) is 6.21 Å². The fourth-order valence-electron chi connectivity index (χ4n) is 2.26. The molecule has 0 radical (unpaired) electrons. The van der Waals surface area contributed by atoms with Gasteiger partial charge in [0.15, 0.2) is 0 Å². The van der Waals surface area contributed by atoms with Crippen LogP contribution < -0.4 is 15.5 Å². The number of unbranched alkanes of at least 4 members (excludes halogenated alkanes) is 1.